The fourth-order valence-electron chi connectivity index (χ4n) is 1.49. The van der Waals surface area contributed by atoms with Crippen molar-refractivity contribution in [1.82, 2.24) is 4.90 Å². The van der Waals surface area contributed by atoms with Crippen molar-refractivity contribution in [2.24, 2.45) is 0 Å². The molecule has 0 N–H and O–H groups in total. The summed E-state index contributed by atoms with van der Waals surface area (Å²) < 4.78 is 0.607. The first-order chi connectivity index (χ1) is 8.47. The summed E-state index contributed by atoms with van der Waals surface area (Å²) in [5.41, 5.74) is 0.520. The number of unbranched alkanes of at least 4 members (excludes halogenated alkanes) is 1. The van der Waals surface area contributed by atoms with Crippen LogP contribution in [0.25, 0.3) is 0 Å². The highest BCUT2D eigenvalue weighted by Crippen LogP contribution is 2.20. The Hall–Kier alpha value is -1.18. The van der Waals surface area contributed by atoms with Crippen LogP contribution in [0.4, 0.5) is 5.69 Å². The van der Waals surface area contributed by atoms with E-state index >= 15 is 0 Å². The zero-order valence-electron chi connectivity index (χ0n) is 10.4. The summed E-state index contributed by atoms with van der Waals surface area (Å²) in [7, 11) is 1.75. The van der Waals surface area contributed by atoms with Crippen molar-refractivity contribution < 1.29 is 9.72 Å². The molecule has 0 heterocycles. The summed E-state index contributed by atoms with van der Waals surface area (Å²) in [5.74, 6) is -0.0947. The van der Waals surface area contributed by atoms with Gasteiger partial charge in [0, 0.05) is 29.3 Å². The first kappa shape index (κ1) is 14.9. The fraction of sp³-hybridized carbons (Fsp3) is 0.417. The summed E-state index contributed by atoms with van der Waals surface area (Å²) in [6.45, 7) is 2.76. The van der Waals surface area contributed by atoms with Gasteiger partial charge in [-0.15, -0.1) is 0 Å². The van der Waals surface area contributed by atoms with Crippen LogP contribution in [-0.2, 0) is 0 Å². The van der Waals surface area contributed by atoms with Gasteiger partial charge in [-0.2, -0.15) is 0 Å². The molecule has 0 aromatic heterocycles. The van der Waals surface area contributed by atoms with Gasteiger partial charge in [-0.3, -0.25) is 14.9 Å². The van der Waals surface area contributed by atoms with Crippen LogP contribution in [0.3, 0.4) is 0 Å². The number of nitrogens with zero attached hydrogens (tertiary/aromatic N) is 2. The number of rotatable bonds is 5. The molecule has 0 fully saturated rings. The average Bonchev–Trinajstić information content (AvgIpc) is 2.34. The first-order valence-corrected chi connectivity index (χ1v) is 6.74. The molecule has 1 rings (SSSR count). The lowest BCUT2D eigenvalue weighted by molar-refractivity contribution is -0.384. The summed E-state index contributed by atoms with van der Waals surface area (Å²) in [4.78, 5) is 23.9. The van der Waals surface area contributed by atoms with Gasteiger partial charge < -0.3 is 4.90 Å². The van der Waals surface area contributed by atoms with Gasteiger partial charge in [0.1, 0.15) is 0 Å². The largest absolute Gasteiger partial charge is 0.342 e. The van der Waals surface area contributed by atoms with Crippen LogP contribution in [0.2, 0.25) is 0 Å². The van der Waals surface area contributed by atoms with Gasteiger partial charge in [0.25, 0.3) is 11.6 Å². The van der Waals surface area contributed by atoms with Gasteiger partial charge in [-0.05, 0) is 35.1 Å². The maximum absolute atomic E-state index is 12.1. The molecule has 1 aromatic rings. The normalized spacial score (nSPS) is 10.2. The molecule has 0 radical (unpaired) electrons. The molecule has 0 aliphatic heterocycles. The lowest BCUT2D eigenvalue weighted by atomic mass is 10.2. The second-order valence-corrected chi connectivity index (χ2v) is 5.16. The number of benzene rings is 1. The van der Waals surface area contributed by atoms with Crippen molar-refractivity contribution in [3.05, 3.63) is 37.4 Å². The predicted octanol–water partition coefficient (Wildman–Crippen LogP) is 3.07. The Morgan fingerprint density at radius 1 is 1.50 bits per heavy atom. The van der Waals surface area contributed by atoms with Crippen molar-refractivity contribution in [1.29, 1.82) is 0 Å². The molecule has 18 heavy (non-hydrogen) atoms. The Labute approximate surface area is 119 Å². The number of carbonyl (C=O) groups is 1. The van der Waals surface area contributed by atoms with Crippen LogP contribution in [0.15, 0.2) is 18.2 Å². The average molecular weight is 362 g/mol. The molecule has 0 unspecified atom stereocenters. The SMILES string of the molecule is CCCCN(C)C(=O)c1ccc([N+](=O)[O-])cc1I. The zero-order valence-corrected chi connectivity index (χ0v) is 12.5. The van der Waals surface area contributed by atoms with Crippen LogP contribution in [-0.4, -0.2) is 29.3 Å². The Kier molecular flexibility index (Phi) is 5.52. The van der Waals surface area contributed by atoms with E-state index in [-0.39, 0.29) is 11.6 Å². The fourth-order valence-corrected chi connectivity index (χ4v) is 2.22. The van der Waals surface area contributed by atoms with Crippen LogP contribution >= 0.6 is 22.6 Å². The smallest absolute Gasteiger partial charge is 0.270 e. The third kappa shape index (κ3) is 3.66. The Bertz CT molecular complexity index is 463. The highest BCUT2D eigenvalue weighted by Gasteiger charge is 2.17. The van der Waals surface area contributed by atoms with Gasteiger partial charge in [-0.25, -0.2) is 0 Å². The number of hydrogen-bond donors (Lipinski definition) is 0. The Balaban J connectivity index is 2.89. The minimum Gasteiger partial charge on any atom is -0.342 e. The zero-order chi connectivity index (χ0) is 13.7. The maximum atomic E-state index is 12.1. The van der Waals surface area contributed by atoms with Crippen LogP contribution in [0.5, 0.6) is 0 Å². The Morgan fingerprint density at radius 3 is 2.67 bits per heavy atom. The number of hydrogen-bond acceptors (Lipinski definition) is 3. The second kappa shape index (κ2) is 6.67. The van der Waals surface area contributed by atoms with Crippen LogP contribution in [0, 0.1) is 13.7 Å². The van der Waals surface area contributed by atoms with E-state index in [0.717, 1.165) is 12.8 Å². The number of carbonyl (C=O) groups excluding carboxylic acids is 1. The van der Waals surface area contributed by atoms with Gasteiger partial charge in [0.2, 0.25) is 0 Å². The second-order valence-electron chi connectivity index (χ2n) is 4.00. The van der Waals surface area contributed by atoms with Gasteiger partial charge in [-0.1, -0.05) is 13.3 Å². The van der Waals surface area contributed by atoms with E-state index in [9.17, 15) is 14.9 Å². The molecular formula is C12H15IN2O3. The highest BCUT2D eigenvalue weighted by atomic mass is 127. The Morgan fingerprint density at radius 2 is 2.17 bits per heavy atom. The minimum atomic E-state index is -0.461. The van der Waals surface area contributed by atoms with Gasteiger partial charge in [0.15, 0.2) is 0 Å². The molecule has 0 aliphatic carbocycles. The van der Waals surface area contributed by atoms with Gasteiger partial charge in [0.05, 0.1) is 10.5 Å². The molecular weight excluding hydrogens is 347 g/mol. The van der Waals surface area contributed by atoms with Crippen molar-refractivity contribution in [2.75, 3.05) is 13.6 Å². The number of halogens is 1. The summed E-state index contributed by atoms with van der Waals surface area (Å²) >= 11 is 1.95. The van der Waals surface area contributed by atoms with E-state index in [4.69, 9.17) is 0 Å². The summed E-state index contributed by atoms with van der Waals surface area (Å²) in [6, 6.07) is 4.30. The third-order valence-corrected chi connectivity index (χ3v) is 3.48. The highest BCUT2D eigenvalue weighted by molar-refractivity contribution is 14.1. The predicted molar refractivity (Wildman–Crippen MR) is 77.7 cm³/mol. The maximum Gasteiger partial charge on any atom is 0.270 e. The molecule has 98 valence electrons. The van der Waals surface area contributed by atoms with Gasteiger partial charge >= 0.3 is 0 Å². The molecule has 1 aromatic carbocycles. The van der Waals surface area contributed by atoms with Crippen LogP contribution < -0.4 is 0 Å². The van der Waals surface area contributed by atoms with Crippen molar-refractivity contribution >= 4 is 34.2 Å². The molecule has 0 atom stereocenters. The quantitative estimate of drug-likeness (QED) is 0.460. The third-order valence-electron chi connectivity index (χ3n) is 2.59. The molecule has 0 aliphatic rings. The van der Waals surface area contributed by atoms with E-state index in [1.165, 1.54) is 18.2 Å². The first-order valence-electron chi connectivity index (χ1n) is 5.66. The van der Waals surface area contributed by atoms with E-state index < -0.39 is 4.92 Å². The minimum absolute atomic E-state index is 0.00663. The monoisotopic (exact) mass is 362 g/mol. The number of non-ortho nitro benzene ring substituents is 1. The number of nitro benzene ring substituents is 1. The van der Waals surface area contributed by atoms with Crippen molar-refractivity contribution in [2.45, 2.75) is 19.8 Å². The van der Waals surface area contributed by atoms with Crippen molar-refractivity contribution in [3.63, 3.8) is 0 Å². The lowest BCUT2D eigenvalue weighted by Crippen LogP contribution is -2.28. The van der Waals surface area contributed by atoms with Crippen molar-refractivity contribution in [3.8, 4) is 0 Å². The summed E-state index contributed by atoms with van der Waals surface area (Å²) in [5, 5.41) is 10.6. The van der Waals surface area contributed by atoms with E-state index in [0.29, 0.717) is 15.7 Å². The number of amides is 1. The molecule has 0 bridgehead atoms. The van der Waals surface area contributed by atoms with E-state index in [2.05, 4.69) is 6.92 Å². The number of nitro groups is 1. The molecule has 5 nitrogen and oxygen atoms in total. The van der Waals surface area contributed by atoms with E-state index in [1.54, 1.807) is 11.9 Å². The molecule has 0 saturated heterocycles. The van der Waals surface area contributed by atoms with Crippen LogP contribution in [0.1, 0.15) is 30.1 Å². The lowest BCUT2D eigenvalue weighted by Gasteiger charge is -2.17. The van der Waals surface area contributed by atoms with E-state index in [1.807, 2.05) is 22.6 Å². The molecule has 6 heteroatoms. The summed E-state index contributed by atoms with van der Waals surface area (Å²) in [6.07, 6.45) is 1.97. The molecule has 0 saturated carbocycles. The molecule has 0 spiro atoms. The standard InChI is InChI=1S/C12H15IN2O3/c1-3-4-7-14(2)12(16)10-6-5-9(15(17)18)8-11(10)13/h5-6,8H,3-4,7H2,1-2H3. The topological polar surface area (TPSA) is 63.5 Å². The molecule has 1 amide bonds.